The number of hydrogen-bond acceptors (Lipinski definition) is 4. The molecule has 0 aliphatic carbocycles. The van der Waals surface area contributed by atoms with Gasteiger partial charge >= 0.3 is 0 Å². The van der Waals surface area contributed by atoms with Crippen LogP contribution in [0.1, 0.15) is 0 Å². The van der Waals surface area contributed by atoms with Gasteiger partial charge in [-0.05, 0) is 73.8 Å². The van der Waals surface area contributed by atoms with E-state index in [1.54, 1.807) is 0 Å². The predicted octanol–water partition coefficient (Wildman–Crippen LogP) is 12.4. The van der Waals surface area contributed by atoms with Crippen molar-refractivity contribution in [3.05, 3.63) is 164 Å². The summed E-state index contributed by atoms with van der Waals surface area (Å²) in [6.07, 6.45) is 0. The Morgan fingerprint density at radius 1 is 0.306 bits per heavy atom. The number of nitrogens with zero attached hydrogens (tertiary/aromatic N) is 3. The maximum Gasteiger partial charge on any atom is 0.164 e. The molecule has 0 spiro atoms. The summed E-state index contributed by atoms with van der Waals surface area (Å²) >= 11 is 1.85. The zero-order chi connectivity index (χ0) is 32.3. The Morgan fingerprint density at radius 2 is 0.796 bits per heavy atom. The monoisotopic (exact) mass is 641 g/mol. The van der Waals surface area contributed by atoms with E-state index in [4.69, 9.17) is 15.0 Å². The number of rotatable bonds is 4. The van der Waals surface area contributed by atoms with Crippen LogP contribution in [0.15, 0.2) is 164 Å². The molecule has 0 amide bonds. The summed E-state index contributed by atoms with van der Waals surface area (Å²) in [6, 6.07) is 58.1. The highest BCUT2D eigenvalue weighted by Gasteiger charge is 2.17. The molecule has 3 nitrogen and oxygen atoms in total. The summed E-state index contributed by atoms with van der Waals surface area (Å²) in [6.45, 7) is 0. The molecule has 0 saturated carbocycles. The van der Waals surface area contributed by atoms with Gasteiger partial charge in [0.2, 0.25) is 0 Å². The zero-order valence-corrected chi connectivity index (χ0v) is 27.2. The largest absolute Gasteiger partial charge is 0.208 e. The summed E-state index contributed by atoms with van der Waals surface area (Å²) in [7, 11) is 0. The smallest absolute Gasteiger partial charge is 0.164 e. The molecule has 10 rings (SSSR count). The lowest BCUT2D eigenvalue weighted by Crippen LogP contribution is -2.01. The van der Waals surface area contributed by atoms with Crippen LogP contribution in [0.25, 0.3) is 97.8 Å². The third kappa shape index (κ3) is 4.76. The van der Waals surface area contributed by atoms with Crippen molar-refractivity contribution in [1.29, 1.82) is 0 Å². The average molecular weight is 642 g/mol. The van der Waals surface area contributed by atoms with Crippen LogP contribution in [-0.2, 0) is 0 Å². The minimum absolute atomic E-state index is 0.655. The fourth-order valence-corrected chi connectivity index (χ4v) is 8.20. The van der Waals surface area contributed by atoms with Crippen LogP contribution in [0.3, 0.4) is 0 Å². The molecule has 228 valence electrons. The number of hydrogen-bond donors (Lipinski definition) is 0. The zero-order valence-electron chi connectivity index (χ0n) is 26.3. The maximum atomic E-state index is 5.17. The lowest BCUT2D eigenvalue weighted by molar-refractivity contribution is 1.08. The SMILES string of the molecule is c1ccc2cc(-c3nc(-c4ccc5ccccc5c4)nc(-c4ccc(-c5ccc6c(c5)sc5ccccc56)c5ccccc45)n3)ccc2c1. The van der Waals surface area contributed by atoms with E-state index in [0.717, 1.165) is 32.8 Å². The molecule has 0 radical (unpaired) electrons. The Morgan fingerprint density at radius 3 is 1.47 bits per heavy atom. The molecule has 10 aromatic rings. The van der Waals surface area contributed by atoms with Gasteiger partial charge in [-0.3, -0.25) is 0 Å². The first kappa shape index (κ1) is 27.8. The maximum absolute atomic E-state index is 5.17. The number of thiophene rings is 1. The summed E-state index contributed by atoms with van der Waals surface area (Å²) in [5, 5.41) is 9.57. The van der Waals surface area contributed by atoms with E-state index in [-0.39, 0.29) is 0 Å². The van der Waals surface area contributed by atoms with Gasteiger partial charge in [0.15, 0.2) is 17.5 Å². The van der Waals surface area contributed by atoms with E-state index in [9.17, 15) is 0 Å². The third-order valence-electron chi connectivity index (χ3n) is 9.51. The molecule has 0 N–H and O–H groups in total. The van der Waals surface area contributed by atoms with Gasteiger partial charge in [0.05, 0.1) is 0 Å². The van der Waals surface area contributed by atoms with Gasteiger partial charge in [-0.1, -0.05) is 133 Å². The minimum Gasteiger partial charge on any atom is -0.208 e. The van der Waals surface area contributed by atoms with E-state index in [2.05, 4.69) is 164 Å². The van der Waals surface area contributed by atoms with Crippen LogP contribution in [0.5, 0.6) is 0 Å². The lowest BCUT2D eigenvalue weighted by Gasteiger charge is -2.13. The van der Waals surface area contributed by atoms with Crippen molar-refractivity contribution in [3.63, 3.8) is 0 Å². The van der Waals surface area contributed by atoms with Crippen molar-refractivity contribution in [3.8, 4) is 45.3 Å². The fourth-order valence-electron chi connectivity index (χ4n) is 7.05. The second-order valence-electron chi connectivity index (χ2n) is 12.4. The second kappa shape index (κ2) is 11.2. The Labute approximate surface area is 286 Å². The fraction of sp³-hybridized carbons (Fsp3) is 0. The van der Waals surface area contributed by atoms with E-state index in [1.165, 1.54) is 47.5 Å². The van der Waals surface area contributed by atoms with Crippen molar-refractivity contribution < 1.29 is 0 Å². The summed E-state index contributed by atoms with van der Waals surface area (Å²) in [5.41, 5.74) is 5.29. The molecule has 0 aliphatic heterocycles. The van der Waals surface area contributed by atoms with Gasteiger partial charge in [0, 0.05) is 36.9 Å². The van der Waals surface area contributed by atoms with Crippen LogP contribution >= 0.6 is 11.3 Å². The summed E-state index contributed by atoms with van der Waals surface area (Å²) in [4.78, 5) is 15.4. The van der Waals surface area contributed by atoms with Crippen molar-refractivity contribution in [1.82, 2.24) is 15.0 Å². The standard InChI is InChI=1S/C45H27N3S/c1-3-11-30-25-33(19-17-28(30)9-1)43-46-44(34-20-18-29-10-2-4-12-31(29)26-34)48-45(47-43)40-24-23-35(36-13-5-6-14-37(36)40)32-21-22-39-38-15-7-8-16-41(38)49-42(39)27-32/h1-27H. The second-order valence-corrected chi connectivity index (χ2v) is 13.5. The topological polar surface area (TPSA) is 38.7 Å². The van der Waals surface area contributed by atoms with Crippen LogP contribution < -0.4 is 0 Å². The van der Waals surface area contributed by atoms with Gasteiger partial charge in [-0.2, -0.15) is 0 Å². The minimum atomic E-state index is 0.655. The van der Waals surface area contributed by atoms with Crippen LogP contribution in [0.2, 0.25) is 0 Å². The first-order valence-electron chi connectivity index (χ1n) is 16.4. The van der Waals surface area contributed by atoms with Gasteiger partial charge < -0.3 is 0 Å². The Bertz CT molecular complexity index is 2810. The Kier molecular flexibility index (Phi) is 6.36. The summed E-state index contributed by atoms with van der Waals surface area (Å²) in [5.74, 6) is 1.97. The van der Waals surface area contributed by atoms with Gasteiger partial charge in [0.1, 0.15) is 0 Å². The first-order valence-corrected chi connectivity index (χ1v) is 17.3. The molecule has 2 heterocycles. The van der Waals surface area contributed by atoms with Crippen LogP contribution in [0.4, 0.5) is 0 Å². The van der Waals surface area contributed by atoms with E-state index >= 15 is 0 Å². The average Bonchev–Trinajstić information content (AvgIpc) is 3.55. The molecular weight excluding hydrogens is 615 g/mol. The highest BCUT2D eigenvalue weighted by Crippen LogP contribution is 2.40. The van der Waals surface area contributed by atoms with E-state index < -0.39 is 0 Å². The highest BCUT2D eigenvalue weighted by atomic mass is 32.1. The van der Waals surface area contributed by atoms with Crippen molar-refractivity contribution in [2.75, 3.05) is 0 Å². The molecule has 49 heavy (non-hydrogen) atoms. The molecule has 0 fully saturated rings. The van der Waals surface area contributed by atoms with Crippen LogP contribution in [0, 0.1) is 0 Å². The Balaban J connectivity index is 1.17. The number of benzene rings is 8. The molecule has 4 heteroatoms. The van der Waals surface area contributed by atoms with Crippen LogP contribution in [-0.4, -0.2) is 15.0 Å². The number of aromatic nitrogens is 3. The molecule has 0 atom stereocenters. The van der Waals surface area contributed by atoms with Crippen molar-refractivity contribution in [2.45, 2.75) is 0 Å². The van der Waals surface area contributed by atoms with Gasteiger partial charge in [0.25, 0.3) is 0 Å². The van der Waals surface area contributed by atoms with Crippen molar-refractivity contribution in [2.24, 2.45) is 0 Å². The van der Waals surface area contributed by atoms with E-state index in [0.29, 0.717) is 17.5 Å². The van der Waals surface area contributed by atoms with E-state index in [1.807, 2.05) is 11.3 Å². The predicted molar refractivity (Wildman–Crippen MR) is 207 cm³/mol. The van der Waals surface area contributed by atoms with Gasteiger partial charge in [-0.15, -0.1) is 11.3 Å². The molecule has 0 aliphatic rings. The summed E-state index contributed by atoms with van der Waals surface area (Å²) < 4.78 is 2.61. The molecule has 2 aromatic heterocycles. The Hall–Kier alpha value is -6.23. The molecule has 8 aromatic carbocycles. The number of fused-ring (bicyclic) bond motifs is 6. The molecule has 0 saturated heterocycles. The van der Waals surface area contributed by atoms with Crippen molar-refractivity contribution >= 4 is 63.8 Å². The molecular formula is C45H27N3S. The van der Waals surface area contributed by atoms with Gasteiger partial charge in [-0.25, -0.2) is 15.0 Å². The third-order valence-corrected chi connectivity index (χ3v) is 10.6. The molecule has 0 unspecified atom stereocenters. The highest BCUT2D eigenvalue weighted by molar-refractivity contribution is 7.25. The lowest BCUT2D eigenvalue weighted by atomic mass is 9.94. The normalized spacial score (nSPS) is 11.7. The first-order chi connectivity index (χ1) is 24.2. The molecule has 0 bridgehead atoms. The quantitative estimate of drug-likeness (QED) is 0.192.